The van der Waals surface area contributed by atoms with Crippen LogP contribution in [0.15, 0.2) is 60.8 Å². The quantitative estimate of drug-likeness (QED) is 0.670. The minimum absolute atomic E-state index is 0.297. The lowest BCUT2D eigenvalue weighted by Crippen LogP contribution is -1.97. The van der Waals surface area contributed by atoms with Crippen molar-refractivity contribution < 1.29 is 13.5 Å². The summed E-state index contributed by atoms with van der Waals surface area (Å²) in [6.07, 6.45) is 1.80. The summed E-state index contributed by atoms with van der Waals surface area (Å²) in [5.41, 5.74) is 1.61. The fourth-order valence-electron chi connectivity index (χ4n) is 2.06. The van der Waals surface area contributed by atoms with Gasteiger partial charge in [-0.05, 0) is 48.9 Å². The van der Waals surface area contributed by atoms with Crippen LogP contribution in [0.25, 0.3) is 5.69 Å². The second-order valence-electron chi connectivity index (χ2n) is 4.70. The third-order valence-corrected chi connectivity index (χ3v) is 3.18. The van der Waals surface area contributed by atoms with Crippen LogP contribution in [0.4, 0.5) is 8.78 Å². The minimum atomic E-state index is -0.351. The van der Waals surface area contributed by atoms with Gasteiger partial charge in [-0.1, -0.05) is 6.07 Å². The summed E-state index contributed by atoms with van der Waals surface area (Å²) in [7, 11) is 0. The second kappa shape index (κ2) is 5.40. The van der Waals surface area contributed by atoms with Crippen LogP contribution in [-0.4, -0.2) is 4.57 Å². The van der Waals surface area contributed by atoms with Gasteiger partial charge in [-0.3, -0.25) is 4.57 Å². The van der Waals surface area contributed by atoms with Crippen molar-refractivity contribution in [1.82, 2.24) is 4.57 Å². The molecule has 0 radical (unpaired) electrons. The number of ether oxygens (including phenoxy) is 1. The predicted octanol–water partition coefficient (Wildman–Crippen LogP) is 4.86. The molecule has 0 saturated heterocycles. The van der Waals surface area contributed by atoms with E-state index < -0.39 is 0 Å². The number of rotatable bonds is 3. The van der Waals surface area contributed by atoms with E-state index in [1.807, 2.05) is 13.0 Å². The van der Waals surface area contributed by atoms with Crippen molar-refractivity contribution in [2.75, 3.05) is 0 Å². The van der Waals surface area contributed by atoms with Gasteiger partial charge in [0.2, 0.25) is 5.88 Å². The number of aromatic nitrogens is 1. The van der Waals surface area contributed by atoms with E-state index >= 15 is 0 Å². The molecule has 0 saturated carbocycles. The topological polar surface area (TPSA) is 14.2 Å². The molecule has 3 rings (SSSR count). The van der Waals surface area contributed by atoms with Crippen molar-refractivity contribution in [3.8, 4) is 17.3 Å². The Morgan fingerprint density at radius 1 is 0.905 bits per heavy atom. The van der Waals surface area contributed by atoms with Gasteiger partial charge >= 0.3 is 0 Å². The Morgan fingerprint density at radius 3 is 2.38 bits per heavy atom. The smallest absolute Gasteiger partial charge is 0.204 e. The van der Waals surface area contributed by atoms with Crippen LogP contribution in [0.1, 0.15) is 5.56 Å². The molecule has 0 N–H and O–H groups in total. The molecule has 1 aromatic heterocycles. The van der Waals surface area contributed by atoms with E-state index in [0.29, 0.717) is 11.6 Å². The van der Waals surface area contributed by atoms with Gasteiger partial charge in [0.15, 0.2) is 0 Å². The SMILES string of the molecule is Cc1ccc(F)cc1Oc1cccn1-c1ccc(F)cc1. The zero-order chi connectivity index (χ0) is 14.8. The van der Waals surface area contributed by atoms with Crippen LogP contribution in [0.2, 0.25) is 0 Å². The van der Waals surface area contributed by atoms with Crippen molar-refractivity contribution in [3.63, 3.8) is 0 Å². The molecule has 0 aliphatic heterocycles. The number of aryl methyl sites for hydroxylation is 1. The molecule has 106 valence electrons. The third-order valence-electron chi connectivity index (χ3n) is 3.18. The summed E-state index contributed by atoms with van der Waals surface area (Å²) in [4.78, 5) is 0. The van der Waals surface area contributed by atoms with E-state index in [1.54, 1.807) is 35.0 Å². The normalized spacial score (nSPS) is 10.6. The highest BCUT2D eigenvalue weighted by molar-refractivity contribution is 5.41. The molecule has 0 bridgehead atoms. The van der Waals surface area contributed by atoms with E-state index in [0.717, 1.165) is 11.3 Å². The van der Waals surface area contributed by atoms with Gasteiger partial charge in [-0.25, -0.2) is 8.78 Å². The van der Waals surface area contributed by atoms with Gasteiger partial charge in [0, 0.05) is 24.0 Å². The fourth-order valence-corrected chi connectivity index (χ4v) is 2.06. The van der Waals surface area contributed by atoms with Gasteiger partial charge in [0.1, 0.15) is 17.4 Å². The van der Waals surface area contributed by atoms with E-state index in [1.165, 1.54) is 24.3 Å². The fraction of sp³-hybridized carbons (Fsp3) is 0.0588. The van der Waals surface area contributed by atoms with Crippen LogP contribution < -0.4 is 4.74 Å². The average molecular weight is 285 g/mol. The highest BCUT2D eigenvalue weighted by Gasteiger charge is 2.08. The molecule has 21 heavy (non-hydrogen) atoms. The Kier molecular flexibility index (Phi) is 3.44. The Bertz CT molecular complexity index is 763. The molecular weight excluding hydrogens is 272 g/mol. The van der Waals surface area contributed by atoms with Gasteiger partial charge in [-0.2, -0.15) is 0 Å². The first-order valence-corrected chi connectivity index (χ1v) is 6.51. The maximum absolute atomic E-state index is 13.3. The first kappa shape index (κ1) is 13.4. The molecule has 2 aromatic carbocycles. The van der Waals surface area contributed by atoms with Gasteiger partial charge < -0.3 is 4.74 Å². The molecule has 2 nitrogen and oxygen atoms in total. The lowest BCUT2D eigenvalue weighted by Gasteiger charge is -2.12. The van der Waals surface area contributed by atoms with Crippen molar-refractivity contribution in [3.05, 3.63) is 78.0 Å². The van der Waals surface area contributed by atoms with Crippen molar-refractivity contribution in [2.24, 2.45) is 0 Å². The number of halogens is 2. The highest BCUT2D eigenvalue weighted by Crippen LogP contribution is 2.28. The minimum Gasteiger partial charge on any atom is -0.440 e. The van der Waals surface area contributed by atoms with Crippen LogP contribution >= 0.6 is 0 Å². The maximum atomic E-state index is 13.3. The van der Waals surface area contributed by atoms with Crippen molar-refractivity contribution in [2.45, 2.75) is 6.92 Å². The molecule has 0 unspecified atom stereocenters. The summed E-state index contributed by atoms with van der Waals surface area (Å²) >= 11 is 0. The Morgan fingerprint density at radius 2 is 1.62 bits per heavy atom. The zero-order valence-electron chi connectivity index (χ0n) is 11.4. The summed E-state index contributed by atoms with van der Waals surface area (Å²) in [6.45, 7) is 1.85. The van der Waals surface area contributed by atoms with Crippen LogP contribution in [0, 0.1) is 18.6 Å². The molecule has 0 aliphatic carbocycles. The average Bonchev–Trinajstić information content (AvgIpc) is 2.92. The Labute approximate surface area is 121 Å². The van der Waals surface area contributed by atoms with Crippen molar-refractivity contribution >= 4 is 0 Å². The van der Waals surface area contributed by atoms with E-state index in [2.05, 4.69) is 0 Å². The zero-order valence-corrected chi connectivity index (χ0v) is 11.4. The molecule has 0 atom stereocenters. The standard InChI is InChI=1S/C17H13F2NO/c1-12-4-5-14(19)11-16(12)21-17-3-2-10-20(17)15-8-6-13(18)7-9-15/h2-11H,1H3. The van der Waals surface area contributed by atoms with E-state index in [4.69, 9.17) is 4.74 Å². The molecule has 3 aromatic rings. The van der Waals surface area contributed by atoms with Crippen LogP contribution in [-0.2, 0) is 0 Å². The number of nitrogens with zero attached hydrogens (tertiary/aromatic N) is 1. The summed E-state index contributed by atoms with van der Waals surface area (Å²) in [5.74, 6) is 0.345. The largest absolute Gasteiger partial charge is 0.440 e. The van der Waals surface area contributed by atoms with E-state index in [9.17, 15) is 8.78 Å². The summed E-state index contributed by atoms with van der Waals surface area (Å²) < 4.78 is 33.8. The lowest BCUT2D eigenvalue weighted by atomic mass is 10.2. The van der Waals surface area contributed by atoms with Gasteiger partial charge in [-0.15, -0.1) is 0 Å². The van der Waals surface area contributed by atoms with Crippen LogP contribution in [0.3, 0.4) is 0 Å². The first-order chi connectivity index (χ1) is 10.1. The van der Waals surface area contributed by atoms with Gasteiger partial charge in [0.05, 0.1) is 0 Å². The van der Waals surface area contributed by atoms with E-state index in [-0.39, 0.29) is 11.6 Å². The van der Waals surface area contributed by atoms with Crippen molar-refractivity contribution in [1.29, 1.82) is 0 Å². The maximum Gasteiger partial charge on any atom is 0.204 e. The molecular formula is C17H13F2NO. The lowest BCUT2D eigenvalue weighted by molar-refractivity contribution is 0.445. The Hall–Kier alpha value is -2.62. The highest BCUT2D eigenvalue weighted by atomic mass is 19.1. The third kappa shape index (κ3) is 2.79. The summed E-state index contributed by atoms with van der Waals surface area (Å²) in [5, 5.41) is 0. The molecule has 4 heteroatoms. The first-order valence-electron chi connectivity index (χ1n) is 6.51. The second-order valence-corrected chi connectivity index (χ2v) is 4.70. The predicted molar refractivity (Wildman–Crippen MR) is 76.9 cm³/mol. The molecule has 0 spiro atoms. The number of hydrogen-bond acceptors (Lipinski definition) is 1. The monoisotopic (exact) mass is 285 g/mol. The number of hydrogen-bond donors (Lipinski definition) is 0. The Balaban J connectivity index is 1.96. The van der Waals surface area contributed by atoms with Gasteiger partial charge in [0.25, 0.3) is 0 Å². The van der Waals surface area contributed by atoms with Crippen LogP contribution in [0.5, 0.6) is 11.6 Å². The number of benzene rings is 2. The molecule has 0 aliphatic rings. The molecule has 0 fully saturated rings. The molecule has 0 amide bonds. The molecule has 1 heterocycles. The summed E-state index contributed by atoms with van der Waals surface area (Å²) in [6, 6.07) is 14.1.